The van der Waals surface area contributed by atoms with Crippen molar-refractivity contribution < 1.29 is 25.0 Å². The van der Waals surface area contributed by atoms with Crippen LogP contribution in [0.25, 0.3) is 11.2 Å². The zero-order valence-corrected chi connectivity index (χ0v) is 15.0. The van der Waals surface area contributed by atoms with E-state index in [1.54, 1.807) is 30.3 Å². The van der Waals surface area contributed by atoms with E-state index in [1.165, 1.54) is 6.33 Å². The van der Waals surface area contributed by atoms with Crippen LogP contribution in [0, 0.1) is 10.1 Å². The third-order valence-electron chi connectivity index (χ3n) is 5.18. The molecule has 12 heteroatoms. The number of anilines is 1. The quantitative estimate of drug-likeness (QED) is 0.235. The fraction of sp³-hybridized carbons (Fsp3) is 0.353. The zero-order valence-electron chi connectivity index (χ0n) is 15.0. The van der Waals surface area contributed by atoms with Crippen LogP contribution >= 0.6 is 0 Å². The number of aliphatic hydroxyl groups excluding tert-OH is 2. The van der Waals surface area contributed by atoms with Crippen molar-refractivity contribution in [2.24, 2.45) is 0 Å². The van der Waals surface area contributed by atoms with Gasteiger partial charge < -0.3 is 25.8 Å². The summed E-state index contributed by atoms with van der Waals surface area (Å²) in [5.41, 5.74) is 1.40. The van der Waals surface area contributed by atoms with E-state index in [2.05, 4.69) is 15.0 Å². The Morgan fingerprint density at radius 3 is 2.66 bits per heavy atom. The van der Waals surface area contributed by atoms with Crippen LogP contribution in [0.15, 0.2) is 43.0 Å². The molecule has 0 amide bonds. The maximum atomic E-state index is 12.0. The molecule has 1 aromatic carbocycles. The smallest absolute Gasteiger partial charge is 0.394 e. The Labute approximate surface area is 163 Å². The minimum atomic E-state index is -3.02. The van der Waals surface area contributed by atoms with Gasteiger partial charge >= 0.3 is 5.72 Å². The monoisotopic (exact) mass is 402 g/mol. The first kappa shape index (κ1) is 19.1. The van der Waals surface area contributed by atoms with Crippen molar-refractivity contribution in [3.8, 4) is 0 Å². The molecule has 1 aliphatic heterocycles. The zero-order chi connectivity index (χ0) is 20.8. The molecule has 0 saturated carbocycles. The summed E-state index contributed by atoms with van der Waals surface area (Å²) < 4.78 is 6.98. The predicted molar refractivity (Wildman–Crippen MR) is 97.8 cm³/mol. The second-order valence-corrected chi connectivity index (χ2v) is 6.76. The fourth-order valence-corrected chi connectivity index (χ4v) is 3.76. The van der Waals surface area contributed by atoms with Crippen LogP contribution in [-0.2, 0) is 16.9 Å². The van der Waals surface area contributed by atoms with Gasteiger partial charge in [0.05, 0.1) is 17.9 Å². The summed E-state index contributed by atoms with van der Waals surface area (Å²) in [7, 11) is 0. The highest BCUT2D eigenvalue weighted by Crippen LogP contribution is 2.47. The van der Waals surface area contributed by atoms with Crippen LogP contribution < -0.4 is 5.73 Å². The van der Waals surface area contributed by atoms with E-state index in [0.717, 1.165) is 10.9 Å². The number of fused-ring (bicyclic) bond motifs is 1. The summed E-state index contributed by atoms with van der Waals surface area (Å²) in [6, 6.07) is 8.57. The lowest BCUT2D eigenvalue weighted by molar-refractivity contribution is -0.659. The summed E-state index contributed by atoms with van der Waals surface area (Å²) in [5, 5.41) is 43.4. The van der Waals surface area contributed by atoms with Crippen LogP contribution in [0.1, 0.15) is 5.56 Å². The van der Waals surface area contributed by atoms with E-state index in [4.69, 9.17) is 10.5 Å². The molecule has 0 radical (unpaired) electrons. The number of nitrogens with zero attached hydrogens (tertiary/aromatic N) is 5. The van der Waals surface area contributed by atoms with E-state index in [0.29, 0.717) is 5.56 Å². The number of imidazole rings is 1. The van der Waals surface area contributed by atoms with Crippen LogP contribution in [-0.4, -0.2) is 64.3 Å². The Morgan fingerprint density at radius 1 is 1.28 bits per heavy atom. The fourth-order valence-electron chi connectivity index (χ4n) is 3.76. The normalized spacial score (nSPS) is 29.3. The Balaban J connectivity index is 2.02. The number of rotatable bonds is 5. The van der Waals surface area contributed by atoms with Crippen molar-refractivity contribution in [3.05, 3.63) is 58.7 Å². The molecule has 29 heavy (non-hydrogen) atoms. The molecule has 12 nitrogen and oxygen atoms in total. The van der Waals surface area contributed by atoms with Crippen molar-refractivity contribution >= 4 is 17.0 Å². The van der Waals surface area contributed by atoms with Gasteiger partial charge in [-0.15, -0.1) is 0 Å². The lowest BCUT2D eigenvalue weighted by Crippen LogP contribution is -2.63. The highest BCUT2D eigenvalue weighted by Gasteiger charge is 2.76. The van der Waals surface area contributed by atoms with Crippen LogP contribution in [0.2, 0.25) is 0 Å². The van der Waals surface area contributed by atoms with Crippen molar-refractivity contribution in [1.82, 2.24) is 19.5 Å². The van der Waals surface area contributed by atoms with Crippen LogP contribution in [0.3, 0.4) is 0 Å². The molecule has 0 bridgehead atoms. The molecule has 1 saturated heterocycles. The molecule has 0 spiro atoms. The second-order valence-electron chi connectivity index (χ2n) is 6.76. The van der Waals surface area contributed by atoms with E-state index < -0.39 is 35.2 Å². The average Bonchev–Trinajstić information content (AvgIpc) is 3.24. The third kappa shape index (κ3) is 2.57. The van der Waals surface area contributed by atoms with Crippen LogP contribution in [0.5, 0.6) is 0 Å². The molecule has 3 heterocycles. The molecule has 5 N–H and O–H groups in total. The van der Waals surface area contributed by atoms with Crippen LogP contribution in [0.4, 0.5) is 5.82 Å². The predicted octanol–water partition coefficient (Wildman–Crippen LogP) is -0.979. The molecule has 0 unspecified atom stereocenters. The van der Waals surface area contributed by atoms with Gasteiger partial charge in [0.1, 0.15) is 17.9 Å². The molecule has 0 aliphatic carbocycles. The topological polar surface area (TPSA) is 183 Å². The van der Waals surface area contributed by atoms with Gasteiger partial charge in [0.2, 0.25) is 0 Å². The highest BCUT2D eigenvalue weighted by atomic mass is 16.7. The van der Waals surface area contributed by atoms with Crippen molar-refractivity contribution in [2.45, 2.75) is 30.1 Å². The Morgan fingerprint density at radius 2 is 2.00 bits per heavy atom. The molecule has 3 aromatic rings. The minimum Gasteiger partial charge on any atom is -0.394 e. The lowest BCUT2D eigenvalue weighted by atomic mass is 9.89. The average molecular weight is 402 g/mol. The number of ether oxygens (including phenoxy) is 1. The van der Waals surface area contributed by atoms with Gasteiger partial charge in [0, 0.05) is 6.42 Å². The number of aliphatic hydroxyl groups is 3. The van der Waals surface area contributed by atoms with E-state index in [-0.39, 0.29) is 23.4 Å². The van der Waals surface area contributed by atoms with Gasteiger partial charge in [0.15, 0.2) is 17.6 Å². The summed E-state index contributed by atoms with van der Waals surface area (Å²) in [5.74, 6) is 0.0329. The number of benzene rings is 1. The molecule has 4 atom stereocenters. The van der Waals surface area contributed by atoms with Crippen molar-refractivity contribution in [2.75, 3.05) is 12.3 Å². The Hall–Kier alpha value is -3.19. The van der Waals surface area contributed by atoms with E-state index in [9.17, 15) is 25.4 Å². The molecule has 152 valence electrons. The van der Waals surface area contributed by atoms with Crippen molar-refractivity contribution in [1.29, 1.82) is 0 Å². The minimum absolute atomic E-state index is 0.0329. The van der Waals surface area contributed by atoms with Gasteiger partial charge in [-0.05, 0) is 5.56 Å². The van der Waals surface area contributed by atoms with Gasteiger partial charge in [-0.3, -0.25) is 14.7 Å². The number of hydrogen-bond donors (Lipinski definition) is 4. The lowest BCUT2D eigenvalue weighted by Gasteiger charge is -2.36. The first-order valence-corrected chi connectivity index (χ1v) is 8.66. The number of hydrogen-bond acceptors (Lipinski definition) is 10. The summed E-state index contributed by atoms with van der Waals surface area (Å²) in [4.78, 5) is 23.0. The molecular formula is C17H18N6O6. The molecule has 1 aliphatic rings. The van der Waals surface area contributed by atoms with Gasteiger partial charge in [-0.25, -0.2) is 15.0 Å². The number of aromatic nitrogens is 4. The maximum absolute atomic E-state index is 12.0. The third-order valence-corrected chi connectivity index (χ3v) is 5.18. The molecule has 1 fully saturated rings. The maximum Gasteiger partial charge on any atom is 0.399 e. The largest absolute Gasteiger partial charge is 0.399 e. The Bertz CT molecular complexity index is 1060. The summed E-state index contributed by atoms with van der Waals surface area (Å²) in [6.45, 7) is -0.752. The van der Waals surface area contributed by atoms with E-state index in [1.807, 2.05) is 0 Å². The van der Waals surface area contributed by atoms with Gasteiger partial charge in [-0.1, -0.05) is 30.3 Å². The summed E-state index contributed by atoms with van der Waals surface area (Å²) >= 11 is 0. The van der Waals surface area contributed by atoms with Gasteiger partial charge in [-0.2, -0.15) is 0 Å². The van der Waals surface area contributed by atoms with Gasteiger partial charge in [0.25, 0.3) is 5.72 Å². The van der Waals surface area contributed by atoms with E-state index >= 15 is 0 Å². The first-order chi connectivity index (χ1) is 13.8. The SMILES string of the molecule is Nc1ncnc2c1ncn2[C@]1(Cc2ccccc2)O[C@H](CO)[C@@H](O)[C@]1(O)[N+](=O)[O-]. The first-order valence-electron chi connectivity index (χ1n) is 8.66. The highest BCUT2D eigenvalue weighted by molar-refractivity contribution is 5.81. The molecule has 4 rings (SSSR count). The number of nitro groups is 1. The second kappa shape index (κ2) is 6.70. The number of nitrogens with two attached hydrogens (primary N) is 1. The summed E-state index contributed by atoms with van der Waals surface area (Å²) in [6.07, 6.45) is -1.35. The molecule has 2 aromatic heterocycles. The standard InChI is InChI=1S/C17H18N6O6/c18-14-12-15(20-8-19-14)22(9-21-12)16(6-10-4-2-1-3-5-10)17(26,23(27)28)13(25)11(7-24)29-16/h1-5,8-9,11,13,24-26H,6-7H2,(H2,18,19,20)/t11-,13-,16-,17-/m1/s1. The van der Waals surface area contributed by atoms with Crippen molar-refractivity contribution in [3.63, 3.8) is 0 Å². The molecular weight excluding hydrogens is 384 g/mol. The number of nitrogen functional groups attached to an aromatic ring is 1. The Kier molecular flexibility index (Phi) is 4.42.